The van der Waals surface area contributed by atoms with Crippen molar-refractivity contribution < 1.29 is 5.11 Å². The molecule has 0 radical (unpaired) electrons. The normalized spacial score (nSPS) is 19.0. The summed E-state index contributed by atoms with van der Waals surface area (Å²) in [5.74, 6) is 0.271. The lowest BCUT2D eigenvalue weighted by Gasteiger charge is -2.15. The molecule has 1 unspecified atom stereocenters. The number of aromatic nitrogens is 2. The van der Waals surface area contributed by atoms with Crippen LogP contribution in [-0.4, -0.2) is 20.9 Å². The van der Waals surface area contributed by atoms with Gasteiger partial charge in [-0.05, 0) is 49.1 Å². The van der Waals surface area contributed by atoms with Crippen molar-refractivity contribution in [2.75, 3.05) is 0 Å². The molecule has 1 aliphatic rings. The number of aromatic hydroxyl groups is 1. The Labute approximate surface area is 99.7 Å². The Morgan fingerprint density at radius 1 is 1.29 bits per heavy atom. The molecule has 0 fully saturated rings. The minimum atomic E-state index is 0.264. The summed E-state index contributed by atoms with van der Waals surface area (Å²) in [7, 11) is 0. The predicted molar refractivity (Wildman–Crippen MR) is 65.2 cm³/mol. The van der Waals surface area contributed by atoms with Gasteiger partial charge in [-0.15, -0.1) is 0 Å². The van der Waals surface area contributed by atoms with Crippen LogP contribution in [-0.2, 0) is 12.8 Å². The second-order valence-electron chi connectivity index (χ2n) is 4.56. The third kappa shape index (κ3) is 1.91. The Hall–Kier alpha value is -1.81. The molecule has 0 spiro atoms. The van der Waals surface area contributed by atoms with Crippen molar-refractivity contribution >= 4 is 0 Å². The van der Waals surface area contributed by atoms with Crippen LogP contribution in [0.15, 0.2) is 30.5 Å². The van der Waals surface area contributed by atoms with Gasteiger partial charge < -0.3 is 10.8 Å². The van der Waals surface area contributed by atoms with Crippen molar-refractivity contribution in [2.45, 2.75) is 25.3 Å². The molecule has 1 heterocycles. The van der Waals surface area contributed by atoms with Crippen molar-refractivity contribution in [2.24, 2.45) is 5.73 Å². The molecule has 1 aliphatic carbocycles. The maximum absolute atomic E-state index is 9.25. The third-order valence-corrected chi connectivity index (χ3v) is 3.23. The molecule has 0 saturated heterocycles. The molecule has 0 amide bonds. The molecule has 2 aromatic rings. The van der Waals surface area contributed by atoms with E-state index in [0.717, 1.165) is 30.6 Å². The number of aryl methyl sites for hydroxylation is 1. The fourth-order valence-corrected chi connectivity index (χ4v) is 2.27. The van der Waals surface area contributed by atoms with Crippen LogP contribution in [0.2, 0.25) is 0 Å². The molecule has 17 heavy (non-hydrogen) atoms. The number of benzene rings is 1. The van der Waals surface area contributed by atoms with Crippen molar-refractivity contribution in [3.05, 3.63) is 41.7 Å². The lowest BCUT2D eigenvalue weighted by Crippen LogP contribution is -2.27. The van der Waals surface area contributed by atoms with Crippen LogP contribution < -0.4 is 5.73 Å². The van der Waals surface area contributed by atoms with Crippen molar-refractivity contribution in [3.63, 3.8) is 0 Å². The van der Waals surface area contributed by atoms with Crippen LogP contribution in [0.3, 0.4) is 0 Å². The summed E-state index contributed by atoms with van der Waals surface area (Å²) >= 11 is 0. The Morgan fingerprint density at radius 3 is 2.82 bits per heavy atom. The van der Waals surface area contributed by atoms with E-state index in [9.17, 15) is 5.11 Å². The van der Waals surface area contributed by atoms with Crippen LogP contribution >= 0.6 is 0 Å². The minimum Gasteiger partial charge on any atom is -0.508 e. The number of rotatable bonds is 1. The highest BCUT2D eigenvalue weighted by molar-refractivity contribution is 5.37. The lowest BCUT2D eigenvalue weighted by molar-refractivity contribution is 0.475. The molecule has 0 aliphatic heterocycles. The van der Waals surface area contributed by atoms with Gasteiger partial charge in [0.1, 0.15) is 5.75 Å². The summed E-state index contributed by atoms with van der Waals surface area (Å²) in [6.07, 6.45) is 4.93. The third-order valence-electron chi connectivity index (χ3n) is 3.23. The summed E-state index contributed by atoms with van der Waals surface area (Å²) in [6.45, 7) is 0. The van der Waals surface area contributed by atoms with E-state index >= 15 is 0 Å². The zero-order valence-corrected chi connectivity index (χ0v) is 9.50. The largest absolute Gasteiger partial charge is 0.508 e. The second kappa shape index (κ2) is 3.89. The summed E-state index contributed by atoms with van der Waals surface area (Å²) < 4.78 is 1.86. The van der Waals surface area contributed by atoms with Gasteiger partial charge in [-0.2, -0.15) is 5.10 Å². The van der Waals surface area contributed by atoms with Gasteiger partial charge in [-0.25, -0.2) is 4.68 Å². The van der Waals surface area contributed by atoms with E-state index < -0.39 is 0 Å². The average molecular weight is 229 g/mol. The summed E-state index contributed by atoms with van der Waals surface area (Å²) in [6, 6.07) is 7.31. The Balaban J connectivity index is 1.97. The first-order chi connectivity index (χ1) is 8.22. The molecule has 3 N–H and O–H groups in total. The van der Waals surface area contributed by atoms with E-state index in [1.54, 1.807) is 12.1 Å². The van der Waals surface area contributed by atoms with Gasteiger partial charge in [0.15, 0.2) is 0 Å². The number of hydrogen-bond acceptors (Lipinski definition) is 3. The van der Waals surface area contributed by atoms with Gasteiger partial charge in [0.25, 0.3) is 0 Å². The first-order valence-electron chi connectivity index (χ1n) is 5.85. The van der Waals surface area contributed by atoms with Gasteiger partial charge >= 0.3 is 0 Å². The quantitative estimate of drug-likeness (QED) is 0.776. The highest BCUT2D eigenvalue weighted by Crippen LogP contribution is 2.21. The van der Waals surface area contributed by atoms with Crippen LogP contribution in [0.25, 0.3) is 5.69 Å². The highest BCUT2D eigenvalue weighted by Gasteiger charge is 2.19. The van der Waals surface area contributed by atoms with Gasteiger partial charge in [0, 0.05) is 12.2 Å². The first kappa shape index (κ1) is 10.4. The topological polar surface area (TPSA) is 64.1 Å². The number of phenolic OH excluding ortho intramolecular Hbond substituents is 1. The van der Waals surface area contributed by atoms with Crippen LogP contribution in [0, 0.1) is 0 Å². The molecule has 1 aromatic heterocycles. The van der Waals surface area contributed by atoms with Gasteiger partial charge in [0.2, 0.25) is 0 Å². The SMILES string of the molecule is NC1CCc2nn(-c3ccc(O)cc3)cc2C1. The number of hydrogen-bond donors (Lipinski definition) is 2. The zero-order valence-electron chi connectivity index (χ0n) is 9.50. The number of nitrogens with two attached hydrogens (primary N) is 1. The minimum absolute atomic E-state index is 0.264. The molecular weight excluding hydrogens is 214 g/mol. The first-order valence-corrected chi connectivity index (χ1v) is 5.85. The number of nitrogens with zero attached hydrogens (tertiary/aromatic N) is 2. The van der Waals surface area contributed by atoms with Crippen LogP contribution in [0.4, 0.5) is 0 Å². The molecule has 0 saturated carbocycles. The van der Waals surface area contributed by atoms with Crippen molar-refractivity contribution in [1.29, 1.82) is 0 Å². The lowest BCUT2D eigenvalue weighted by atomic mass is 9.94. The smallest absolute Gasteiger partial charge is 0.115 e. The van der Waals surface area contributed by atoms with Gasteiger partial charge in [0.05, 0.1) is 11.4 Å². The fourth-order valence-electron chi connectivity index (χ4n) is 2.27. The maximum Gasteiger partial charge on any atom is 0.115 e. The molecule has 4 heteroatoms. The van der Waals surface area contributed by atoms with E-state index in [-0.39, 0.29) is 11.8 Å². The molecule has 4 nitrogen and oxygen atoms in total. The Morgan fingerprint density at radius 2 is 2.06 bits per heavy atom. The van der Waals surface area contributed by atoms with E-state index in [1.165, 1.54) is 5.56 Å². The summed E-state index contributed by atoms with van der Waals surface area (Å²) in [5, 5.41) is 13.8. The highest BCUT2D eigenvalue weighted by atomic mass is 16.3. The number of fused-ring (bicyclic) bond motifs is 1. The van der Waals surface area contributed by atoms with E-state index in [2.05, 4.69) is 5.10 Å². The van der Waals surface area contributed by atoms with Crippen LogP contribution in [0.1, 0.15) is 17.7 Å². The molecule has 88 valence electrons. The number of phenols is 1. The van der Waals surface area contributed by atoms with E-state index in [1.807, 2.05) is 23.0 Å². The van der Waals surface area contributed by atoms with Crippen molar-refractivity contribution in [3.8, 4) is 11.4 Å². The summed E-state index contributed by atoms with van der Waals surface area (Å²) in [4.78, 5) is 0. The van der Waals surface area contributed by atoms with Crippen molar-refractivity contribution in [1.82, 2.24) is 9.78 Å². The molecule has 1 atom stereocenters. The Kier molecular flexibility index (Phi) is 2.37. The fraction of sp³-hybridized carbons (Fsp3) is 0.308. The molecule has 1 aromatic carbocycles. The second-order valence-corrected chi connectivity index (χ2v) is 4.56. The Bertz CT molecular complexity index is 530. The van der Waals surface area contributed by atoms with Gasteiger partial charge in [-0.3, -0.25) is 0 Å². The van der Waals surface area contributed by atoms with Gasteiger partial charge in [-0.1, -0.05) is 0 Å². The average Bonchev–Trinajstić information content (AvgIpc) is 2.72. The maximum atomic E-state index is 9.25. The van der Waals surface area contributed by atoms with Crippen LogP contribution in [0.5, 0.6) is 5.75 Å². The summed E-state index contributed by atoms with van der Waals surface area (Å²) in [5.41, 5.74) is 9.31. The standard InChI is InChI=1S/C13H15N3O/c14-10-1-6-13-9(7-10)8-16(15-13)11-2-4-12(17)5-3-11/h2-5,8,10,17H,1,6-7,14H2. The predicted octanol–water partition coefficient (Wildman–Crippen LogP) is 1.39. The zero-order chi connectivity index (χ0) is 11.8. The monoisotopic (exact) mass is 229 g/mol. The van der Waals surface area contributed by atoms with E-state index in [0.29, 0.717) is 0 Å². The molecule has 0 bridgehead atoms. The van der Waals surface area contributed by atoms with E-state index in [4.69, 9.17) is 5.73 Å². The molecule has 3 rings (SSSR count). The molecular formula is C13H15N3O.